The molecule has 0 bridgehead atoms. The molecule has 0 atom stereocenters. The molecule has 1 aromatic heterocycles. The van der Waals surface area contributed by atoms with Gasteiger partial charge in [-0.15, -0.1) is 11.3 Å². The van der Waals surface area contributed by atoms with Crippen molar-refractivity contribution in [1.82, 2.24) is 10.3 Å². The largest absolute Gasteiger partial charge is 0.347 e. The molecule has 0 spiro atoms. The van der Waals surface area contributed by atoms with Crippen LogP contribution in [-0.4, -0.2) is 10.9 Å². The monoisotopic (exact) mass is 270 g/mol. The molecule has 1 N–H and O–H groups in total. The molecule has 0 fully saturated rings. The van der Waals surface area contributed by atoms with Crippen LogP contribution in [0, 0.1) is 5.82 Å². The SMILES string of the molecule is O=C(NCc1cncs1)c1cc(Cl)ccc1F. The number of benzene rings is 1. The average molecular weight is 271 g/mol. The van der Waals surface area contributed by atoms with Crippen LogP contribution < -0.4 is 5.32 Å². The predicted molar refractivity (Wildman–Crippen MR) is 64.7 cm³/mol. The zero-order valence-corrected chi connectivity index (χ0v) is 10.2. The van der Waals surface area contributed by atoms with Crippen molar-refractivity contribution < 1.29 is 9.18 Å². The lowest BCUT2D eigenvalue weighted by Gasteiger charge is -2.04. The van der Waals surface area contributed by atoms with E-state index in [2.05, 4.69) is 10.3 Å². The first-order valence-electron chi connectivity index (χ1n) is 4.77. The van der Waals surface area contributed by atoms with E-state index >= 15 is 0 Å². The van der Waals surface area contributed by atoms with Gasteiger partial charge in [-0.2, -0.15) is 0 Å². The minimum Gasteiger partial charge on any atom is -0.347 e. The molecule has 1 amide bonds. The summed E-state index contributed by atoms with van der Waals surface area (Å²) in [5, 5.41) is 2.93. The van der Waals surface area contributed by atoms with Crippen LogP contribution in [0.3, 0.4) is 0 Å². The van der Waals surface area contributed by atoms with E-state index in [9.17, 15) is 9.18 Å². The highest BCUT2D eigenvalue weighted by atomic mass is 35.5. The summed E-state index contributed by atoms with van der Waals surface area (Å²) in [4.78, 5) is 16.5. The number of halogens is 2. The van der Waals surface area contributed by atoms with E-state index in [4.69, 9.17) is 11.6 Å². The first-order valence-corrected chi connectivity index (χ1v) is 6.03. The number of hydrogen-bond donors (Lipinski definition) is 1. The molecule has 0 aliphatic rings. The van der Waals surface area contributed by atoms with Crippen molar-refractivity contribution in [3.8, 4) is 0 Å². The van der Waals surface area contributed by atoms with Gasteiger partial charge in [-0.05, 0) is 18.2 Å². The van der Waals surface area contributed by atoms with Gasteiger partial charge in [0.2, 0.25) is 0 Å². The number of carbonyl (C=O) groups excluding carboxylic acids is 1. The Labute approximate surface area is 106 Å². The second-order valence-corrected chi connectivity index (χ2v) is 4.68. The van der Waals surface area contributed by atoms with E-state index in [0.29, 0.717) is 11.6 Å². The molecule has 1 aromatic carbocycles. The van der Waals surface area contributed by atoms with Gasteiger partial charge in [0.15, 0.2) is 0 Å². The Hall–Kier alpha value is -1.46. The summed E-state index contributed by atoms with van der Waals surface area (Å²) in [6.07, 6.45) is 1.65. The van der Waals surface area contributed by atoms with E-state index in [-0.39, 0.29) is 5.56 Å². The zero-order chi connectivity index (χ0) is 12.3. The molecule has 0 radical (unpaired) electrons. The maximum atomic E-state index is 13.4. The predicted octanol–water partition coefficient (Wildman–Crippen LogP) is 2.87. The van der Waals surface area contributed by atoms with Gasteiger partial charge in [-0.3, -0.25) is 9.78 Å². The Balaban J connectivity index is 2.07. The third-order valence-corrected chi connectivity index (χ3v) is 3.09. The van der Waals surface area contributed by atoms with Gasteiger partial charge in [0.25, 0.3) is 5.91 Å². The van der Waals surface area contributed by atoms with Crippen molar-refractivity contribution >= 4 is 28.8 Å². The third kappa shape index (κ3) is 3.01. The minimum atomic E-state index is -0.587. The molecule has 17 heavy (non-hydrogen) atoms. The molecular formula is C11H8ClFN2OS. The molecular weight excluding hydrogens is 263 g/mol. The Kier molecular flexibility index (Phi) is 3.71. The molecule has 0 aliphatic heterocycles. The fraction of sp³-hybridized carbons (Fsp3) is 0.0909. The molecule has 3 nitrogen and oxygen atoms in total. The van der Waals surface area contributed by atoms with E-state index in [1.54, 1.807) is 11.7 Å². The Morgan fingerprint density at radius 1 is 1.53 bits per heavy atom. The zero-order valence-electron chi connectivity index (χ0n) is 8.61. The molecule has 0 unspecified atom stereocenters. The van der Waals surface area contributed by atoms with Crippen LogP contribution in [0.5, 0.6) is 0 Å². The van der Waals surface area contributed by atoms with Gasteiger partial charge < -0.3 is 5.32 Å². The van der Waals surface area contributed by atoms with Crippen molar-refractivity contribution in [1.29, 1.82) is 0 Å². The number of amides is 1. The molecule has 0 saturated heterocycles. The number of thiazole rings is 1. The van der Waals surface area contributed by atoms with Crippen molar-refractivity contribution in [3.05, 3.63) is 51.2 Å². The number of nitrogens with zero attached hydrogens (tertiary/aromatic N) is 1. The van der Waals surface area contributed by atoms with Gasteiger partial charge in [0.05, 0.1) is 17.6 Å². The van der Waals surface area contributed by atoms with Crippen molar-refractivity contribution in [2.24, 2.45) is 0 Å². The van der Waals surface area contributed by atoms with Gasteiger partial charge >= 0.3 is 0 Å². The first-order chi connectivity index (χ1) is 8.16. The lowest BCUT2D eigenvalue weighted by Crippen LogP contribution is -2.23. The maximum absolute atomic E-state index is 13.4. The summed E-state index contributed by atoms with van der Waals surface area (Å²) in [7, 11) is 0. The summed E-state index contributed by atoms with van der Waals surface area (Å²) in [5.74, 6) is -1.07. The maximum Gasteiger partial charge on any atom is 0.254 e. The van der Waals surface area contributed by atoms with Gasteiger partial charge in [0, 0.05) is 16.1 Å². The van der Waals surface area contributed by atoms with E-state index in [1.807, 2.05) is 0 Å². The number of rotatable bonds is 3. The normalized spacial score (nSPS) is 10.2. The minimum absolute atomic E-state index is 0.0537. The summed E-state index contributed by atoms with van der Waals surface area (Å²) < 4.78 is 13.4. The molecule has 88 valence electrons. The topological polar surface area (TPSA) is 42.0 Å². The number of carbonyl (C=O) groups is 1. The van der Waals surface area contributed by atoms with E-state index in [0.717, 1.165) is 4.88 Å². The summed E-state index contributed by atoms with van der Waals surface area (Å²) in [5.41, 5.74) is 1.61. The number of nitrogens with one attached hydrogen (secondary N) is 1. The molecule has 0 aliphatic carbocycles. The standard InChI is InChI=1S/C11H8ClFN2OS/c12-7-1-2-10(13)9(3-7)11(16)15-5-8-4-14-6-17-8/h1-4,6H,5H2,(H,15,16). The summed E-state index contributed by atoms with van der Waals surface area (Å²) >= 11 is 7.13. The van der Waals surface area contributed by atoms with Crippen LogP contribution in [0.25, 0.3) is 0 Å². The van der Waals surface area contributed by atoms with Crippen LogP contribution in [-0.2, 0) is 6.54 Å². The lowest BCUT2D eigenvalue weighted by atomic mass is 10.2. The fourth-order valence-corrected chi connectivity index (χ4v) is 1.97. The highest BCUT2D eigenvalue weighted by Gasteiger charge is 2.11. The van der Waals surface area contributed by atoms with Crippen molar-refractivity contribution in [3.63, 3.8) is 0 Å². The lowest BCUT2D eigenvalue weighted by molar-refractivity contribution is 0.0947. The number of hydrogen-bond acceptors (Lipinski definition) is 3. The second-order valence-electron chi connectivity index (χ2n) is 3.27. The van der Waals surface area contributed by atoms with Crippen LogP contribution >= 0.6 is 22.9 Å². The van der Waals surface area contributed by atoms with Gasteiger partial charge in [-0.1, -0.05) is 11.6 Å². The molecule has 6 heteroatoms. The average Bonchev–Trinajstić information content (AvgIpc) is 2.82. The Morgan fingerprint density at radius 3 is 3.06 bits per heavy atom. The Morgan fingerprint density at radius 2 is 2.35 bits per heavy atom. The fourth-order valence-electron chi connectivity index (χ4n) is 1.26. The van der Waals surface area contributed by atoms with Gasteiger partial charge in [-0.25, -0.2) is 4.39 Å². The van der Waals surface area contributed by atoms with Gasteiger partial charge in [0.1, 0.15) is 5.82 Å². The van der Waals surface area contributed by atoms with Crippen LogP contribution in [0.2, 0.25) is 5.02 Å². The Bertz CT molecular complexity index is 530. The first kappa shape index (κ1) is 12.0. The van der Waals surface area contributed by atoms with Crippen LogP contribution in [0.4, 0.5) is 4.39 Å². The second kappa shape index (κ2) is 5.25. The molecule has 1 heterocycles. The quantitative estimate of drug-likeness (QED) is 0.932. The van der Waals surface area contributed by atoms with Crippen LogP contribution in [0.1, 0.15) is 15.2 Å². The van der Waals surface area contributed by atoms with Crippen molar-refractivity contribution in [2.75, 3.05) is 0 Å². The third-order valence-electron chi connectivity index (χ3n) is 2.08. The summed E-state index contributed by atoms with van der Waals surface area (Å²) in [6, 6.07) is 3.87. The van der Waals surface area contributed by atoms with Crippen LogP contribution in [0.15, 0.2) is 29.9 Å². The highest BCUT2D eigenvalue weighted by molar-refractivity contribution is 7.09. The van der Waals surface area contributed by atoms with E-state index in [1.165, 1.54) is 29.5 Å². The highest BCUT2D eigenvalue weighted by Crippen LogP contribution is 2.15. The number of aromatic nitrogens is 1. The molecule has 2 rings (SSSR count). The van der Waals surface area contributed by atoms with Crippen molar-refractivity contribution in [2.45, 2.75) is 6.54 Å². The molecule has 0 saturated carbocycles. The molecule has 2 aromatic rings. The van der Waals surface area contributed by atoms with E-state index < -0.39 is 11.7 Å². The smallest absolute Gasteiger partial charge is 0.254 e. The summed E-state index contributed by atoms with van der Waals surface area (Å²) in [6.45, 7) is 0.329.